The summed E-state index contributed by atoms with van der Waals surface area (Å²) in [6, 6.07) is 5.23. The molecule has 1 aromatic carbocycles. The standard InChI is InChI=1S/C16H11Cl2N3O3/c17-8-1-3-11-12(5-8)21-14(20-11)6-19-16(24)9-2-4-13(23)15(18)10(9)7-22/h1-5,9,23H,6H2,(H,19,24)(H,20,21). The summed E-state index contributed by atoms with van der Waals surface area (Å²) in [5.74, 6) is 0.518. The number of aliphatic hydroxyl groups is 1. The predicted molar refractivity (Wildman–Crippen MR) is 90.3 cm³/mol. The Labute approximate surface area is 146 Å². The molecule has 0 bridgehead atoms. The molecule has 0 radical (unpaired) electrons. The molecular weight excluding hydrogens is 353 g/mol. The second-order valence-corrected chi connectivity index (χ2v) is 5.93. The van der Waals surface area contributed by atoms with E-state index >= 15 is 0 Å². The van der Waals surface area contributed by atoms with Crippen LogP contribution in [0.15, 0.2) is 46.7 Å². The summed E-state index contributed by atoms with van der Waals surface area (Å²) in [4.78, 5) is 30.7. The van der Waals surface area contributed by atoms with Gasteiger partial charge in [-0.2, -0.15) is 0 Å². The van der Waals surface area contributed by atoms with Gasteiger partial charge in [0.05, 0.1) is 34.1 Å². The number of carbonyl (C=O) groups is 1. The van der Waals surface area contributed by atoms with Crippen LogP contribution in [0.5, 0.6) is 0 Å². The monoisotopic (exact) mass is 363 g/mol. The molecule has 0 saturated heterocycles. The first-order valence-corrected chi connectivity index (χ1v) is 7.69. The summed E-state index contributed by atoms with van der Waals surface area (Å²) in [6.07, 6.45) is 2.66. The lowest BCUT2D eigenvalue weighted by Crippen LogP contribution is -2.32. The molecule has 1 aliphatic carbocycles. The molecule has 24 heavy (non-hydrogen) atoms. The topological polar surface area (TPSA) is 95.1 Å². The van der Waals surface area contributed by atoms with Gasteiger partial charge >= 0.3 is 0 Å². The Kier molecular flexibility index (Phi) is 4.44. The van der Waals surface area contributed by atoms with Gasteiger partial charge in [0.2, 0.25) is 5.91 Å². The van der Waals surface area contributed by atoms with E-state index in [1.54, 1.807) is 24.1 Å². The van der Waals surface area contributed by atoms with Crippen LogP contribution in [0.3, 0.4) is 0 Å². The van der Waals surface area contributed by atoms with Crippen molar-refractivity contribution in [2.75, 3.05) is 0 Å². The van der Waals surface area contributed by atoms with Crippen molar-refractivity contribution in [3.05, 3.63) is 57.6 Å². The van der Waals surface area contributed by atoms with Gasteiger partial charge in [0, 0.05) is 5.02 Å². The summed E-state index contributed by atoms with van der Waals surface area (Å²) < 4.78 is 0. The minimum Gasteiger partial charge on any atom is -0.506 e. The molecule has 3 N–H and O–H groups in total. The van der Waals surface area contributed by atoms with E-state index < -0.39 is 11.8 Å². The summed E-state index contributed by atoms with van der Waals surface area (Å²) in [6.45, 7) is 0.134. The largest absolute Gasteiger partial charge is 0.506 e. The van der Waals surface area contributed by atoms with E-state index in [2.05, 4.69) is 15.3 Å². The van der Waals surface area contributed by atoms with Gasteiger partial charge in [-0.3, -0.25) is 4.79 Å². The molecular formula is C16H11Cl2N3O3. The van der Waals surface area contributed by atoms with Gasteiger partial charge < -0.3 is 15.4 Å². The maximum absolute atomic E-state index is 12.3. The molecule has 0 spiro atoms. The van der Waals surface area contributed by atoms with Gasteiger partial charge in [0.25, 0.3) is 0 Å². The van der Waals surface area contributed by atoms with Crippen molar-refractivity contribution in [2.24, 2.45) is 5.92 Å². The first kappa shape index (κ1) is 16.3. The number of H-pyrrole nitrogens is 1. The molecule has 3 rings (SSSR count). The number of nitrogens with zero attached hydrogens (tertiary/aromatic N) is 1. The van der Waals surface area contributed by atoms with E-state index in [1.807, 2.05) is 0 Å². The third kappa shape index (κ3) is 3.08. The van der Waals surface area contributed by atoms with E-state index in [0.717, 1.165) is 11.0 Å². The number of allylic oxidation sites excluding steroid dienone is 2. The fourth-order valence-corrected chi connectivity index (χ4v) is 2.75. The van der Waals surface area contributed by atoms with Crippen molar-refractivity contribution in [3.63, 3.8) is 0 Å². The fraction of sp³-hybridized carbons (Fsp3) is 0.125. The Bertz CT molecular complexity index is 939. The van der Waals surface area contributed by atoms with Crippen molar-refractivity contribution in [1.29, 1.82) is 0 Å². The van der Waals surface area contributed by atoms with Crippen LogP contribution in [0.4, 0.5) is 0 Å². The second kappa shape index (κ2) is 6.53. The zero-order chi connectivity index (χ0) is 17.3. The van der Waals surface area contributed by atoms with Gasteiger partial charge in [0.1, 0.15) is 17.5 Å². The number of carbonyl (C=O) groups excluding carboxylic acids is 2. The van der Waals surface area contributed by atoms with Gasteiger partial charge in [-0.1, -0.05) is 29.3 Å². The highest BCUT2D eigenvalue weighted by molar-refractivity contribution is 6.33. The molecule has 1 unspecified atom stereocenters. The van der Waals surface area contributed by atoms with Crippen LogP contribution in [0, 0.1) is 5.92 Å². The highest BCUT2D eigenvalue weighted by atomic mass is 35.5. The zero-order valence-corrected chi connectivity index (χ0v) is 13.6. The number of hydrogen-bond acceptors (Lipinski definition) is 4. The number of hydrogen-bond donors (Lipinski definition) is 3. The lowest BCUT2D eigenvalue weighted by Gasteiger charge is -2.17. The molecule has 0 aliphatic heterocycles. The summed E-state index contributed by atoms with van der Waals surface area (Å²) >= 11 is 11.7. The SMILES string of the molecule is O=C=C1C(Cl)=C(O)C=CC1C(=O)NCc1nc2ccc(Cl)cc2[nH]1. The van der Waals surface area contributed by atoms with Gasteiger partial charge in [-0.25, -0.2) is 9.78 Å². The number of imidazole rings is 1. The predicted octanol–water partition coefficient (Wildman–Crippen LogP) is 2.78. The number of amides is 1. The van der Waals surface area contributed by atoms with Crippen molar-refractivity contribution in [3.8, 4) is 0 Å². The highest BCUT2D eigenvalue weighted by Crippen LogP contribution is 2.29. The zero-order valence-electron chi connectivity index (χ0n) is 12.1. The first-order chi connectivity index (χ1) is 11.5. The number of aromatic amines is 1. The van der Waals surface area contributed by atoms with E-state index in [1.165, 1.54) is 12.2 Å². The fourth-order valence-electron chi connectivity index (χ4n) is 2.36. The maximum Gasteiger partial charge on any atom is 0.232 e. The molecule has 1 amide bonds. The Balaban J connectivity index is 1.73. The molecule has 1 aliphatic rings. The van der Waals surface area contributed by atoms with E-state index in [0.29, 0.717) is 10.8 Å². The highest BCUT2D eigenvalue weighted by Gasteiger charge is 2.28. The number of aromatic nitrogens is 2. The average molecular weight is 364 g/mol. The van der Waals surface area contributed by atoms with Gasteiger partial charge in [-0.05, 0) is 24.3 Å². The van der Waals surface area contributed by atoms with Gasteiger partial charge in [0.15, 0.2) is 0 Å². The number of benzene rings is 1. The average Bonchev–Trinajstić information content (AvgIpc) is 2.96. The Morgan fingerprint density at radius 1 is 1.42 bits per heavy atom. The number of nitrogens with one attached hydrogen (secondary N) is 2. The van der Waals surface area contributed by atoms with E-state index in [9.17, 15) is 14.7 Å². The molecule has 8 heteroatoms. The van der Waals surface area contributed by atoms with Crippen LogP contribution < -0.4 is 5.32 Å². The smallest absolute Gasteiger partial charge is 0.232 e. The second-order valence-electron chi connectivity index (χ2n) is 5.11. The van der Waals surface area contributed by atoms with E-state index in [-0.39, 0.29) is 22.9 Å². The van der Waals surface area contributed by atoms with Crippen LogP contribution in [0.1, 0.15) is 5.82 Å². The van der Waals surface area contributed by atoms with Crippen molar-refractivity contribution >= 4 is 46.1 Å². The molecule has 0 fully saturated rings. The van der Waals surface area contributed by atoms with Crippen LogP contribution >= 0.6 is 23.2 Å². The van der Waals surface area contributed by atoms with Crippen molar-refractivity contribution in [2.45, 2.75) is 6.54 Å². The Morgan fingerprint density at radius 2 is 2.21 bits per heavy atom. The first-order valence-electron chi connectivity index (χ1n) is 6.93. The molecule has 122 valence electrons. The minimum atomic E-state index is -0.912. The summed E-state index contributed by atoms with van der Waals surface area (Å²) in [7, 11) is 0. The number of fused-ring (bicyclic) bond motifs is 1. The quantitative estimate of drug-likeness (QED) is 0.730. The number of rotatable bonds is 3. The summed E-state index contributed by atoms with van der Waals surface area (Å²) in [5.41, 5.74) is 1.38. The molecule has 1 atom stereocenters. The van der Waals surface area contributed by atoms with Crippen LogP contribution in [0.2, 0.25) is 5.02 Å². The normalized spacial score (nSPS) is 17.2. The van der Waals surface area contributed by atoms with Gasteiger partial charge in [-0.15, -0.1) is 0 Å². The number of aliphatic hydroxyl groups excluding tert-OH is 1. The Morgan fingerprint density at radius 3 is 2.96 bits per heavy atom. The van der Waals surface area contributed by atoms with Crippen molar-refractivity contribution in [1.82, 2.24) is 15.3 Å². The number of halogens is 2. The third-order valence-corrected chi connectivity index (χ3v) is 4.17. The third-order valence-electron chi connectivity index (χ3n) is 3.53. The molecule has 2 aromatic rings. The maximum atomic E-state index is 12.3. The molecule has 6 nitrogen and oxygen atoms in total. The van der Waals surface area contributed by atoms with Crippen molar-refractivity contribution < 1.29 is 14.7 Å². The Hall–Kier alpha value is -2.53. The lowest BCUT2D eigenvalue weighted by molar-refractivity contribution is -0.122. The molecule has 1 heterocycles. The molecule has 0 saturated carbocycles. The molecule has 1 aromatic heterocycles. The van der Waals surface area contributed by atoms with Crippen LogP contribution in [-0.2, 0) is 16.1 Å². The summed E-state index contributed by atoms with van der Waals surface area (Å²) in [5, 5.41) is 12.6. The van der Waals surface area contributed by atoms with E-state index in [4.69, 9.17) is 23.2 Å². The minimum absolute atomic E-state index is 0.106. The van der Waals surface area contributed by atoms with Crippen LogP contribution in [-0.4, -0.2) is 26.9 Å². The van der Waals surface area contributed by atoms with Crippen LogP contribution in [0.25, 0.3) is 11.0 Å². The lowest BCUT2D eigenvalue weighted by atomic mass is 9.94.